The third-order valence-corrected chi connectivity index (χ3v) is 2.63. The number of aromatic nitrogens is 1. The van der Waals surface area contributed by atoms with E-state index in [9.17, 15) is 0 Å². The first-order chi connectivity index (χ1) is 4.61. The molecule has 1 aromatic rings. The van der Waals surface area contributed by atoms with E-state index in [1.807, 2.05) is 6.92 Å². The minimum atomic E-state index is 0.501. The molecule has 0 fully saturated rings. The fraction of sp³-hybridized carbons (Fsp3) is 0.571. The predicted octanol–water partition coefficient (Wildman–Crippen LogP) is 2.16. The monoisotopic (exact) mass is 156 g/mol. The van der Waals surface area contributed by atoms with Crippen molar-refractivity contribution in [1.29, 1.82) is 0 Å². The second kappa shape index (κ2) is 2.58. The summed E-state index contributed by atoms with van der Waals surface area (Å²) in [5.41, 5.74) is 6.60. The summed E-state index contributed by atoms with van der Waals surface area (Å²) in [5.74, 6) is 0.501. The average molecular weight is 156 g/mol. The maximum absolute atomic E-state index is 5.63. The van der Waals surface area contributed by atoms with Crippen molar-refractivity contribution in [3.05, 3.63) is 10.7 Å². The molecule has 10 heavy (non-hydrogen) atoms. The molecule has 0 aliphatic heterocycles. The minimum absolute atomic E-state index is 0.501. The molecule has 0 unspecified atom stereocenters. The lowest BCUT2D eigenvalue weighted by Gasteiger charge is -1.94. The highest BCUT2D eigenvalue weighted by molar-refractivity contribution is 7.15. The predicted molar refractivity (Wildman–Crippen MR) is 45.4 cm³/mol. The first-order valence-corrected chi connectivity index (χ1v) is 4.15. The Balaban J connectivity index is 2.98. The van der Waals surface area contributed by atoms with E-state index in [0.717, 1.165) is 15.7 Å². The Labute approximate surface area is 65.1 Å². The first kappa shape index (κ1) is 7.54. The molecule has 0 aliphatic carbocycles. The van der Waals surface area contributed by atoms with Crippen LogP contribution in [0.25, 0.3) is 0 Å². The molecule has 2 N–H and O–H groups in total. The number of thiazole rings is 1. The summed E-state index contributed by atoms with van der Waals surface area (Å²) < 4.78 is 0. The fourth-order valence-electron chi connectivity index (χ4n) is 0.677. The zero-order chi connectivity index (χ0) is 7.72. The van der Waals surface area contributed by atoms with Crippen LogP contribution in [0.1, 0.15) is 30.5 Å². The molecule has 0 aliphatic rings. The van der Waals surface area contributed by atoms with Crippen molar-refractivity contribution in [1.82, 2.24) is 4.98 Å². The molecule has 2 nitrogen and oxygen atoms in total. The molecular weight excluding hydrogens is 144 g/mol. The van der Waals surface area contributed by atoms with Crippen LogP contribution in [0.5, 0.6) is 0 Å². The van der Waals surface area contributed by atoms with E-state index in [1.165, 1.54) is 0 Å². The Morgan fingerprint density at radius 3 is 2.30 bits per heavy atom. The van der Waals surface area contributed by atoms with Gasteiger partial charge in [-0.2, -0.15) is 0 Å². The molecule has 0 amide bonds. The van der Waals surface area contributed by atoms with E-state index < -0.39 is 0 Å². The number of hydrogen-bond acceptors (Lipinski definition) is 3. The van der Waals surface area contributed by atoms with Gasteiger partial charge in [0.05, 0.1) is 10.7 Å². The van der Waals surface area contributed by atoms with E-state index in [2.05, 4.69) is 18.8 Å². The molecule has 0 saturated heterocycles. The molecule has 0 saturated carbocycles. The minimum Gasteiger partial charge on any atom is -0.389 e. The molecule has 0 aromatic carbocycles. The van der Waals surface area contributed by atoms with Gasteiger partial charge in [0.25, 0.3) is 0 Å². The SMILES string of the molecule is Cc1nc(C(C)C)sc1N. The van der Waals surface area contributed by atoms with Gasteiger partial charge < -0.3 is 5.73 Å². The Morgan fingerprint density at radius 1 is 1.50 bits per heavy atom. The highest BCUT2D eigenvalue weighted by atomic mass is 32.1. The topological polar surface area (TPSA) is 38.9 Å². The molecule has 0 spiro atoms. The molecule has 0 radical (unpaired) electrons. The van der Waals surface area contributed by atoms with Crippen molar-refractivity contribution >= 4 is 16.3 Å². The van der Waals surface area contributed by atoms with Gasteiger partial charge in [-0.05, 0) is 6.92 Å². The van der Waals surface area contributed by atoms with Crippen LogP contribution in [-0.2, 0) is 0 Å². The van der Waals surface area contributed by atoms with Crippen molar-refractivity contribution in [2.75, 3.05) is 5.73 Å². The van der Waals surface area contributed by atoms with Gasteiger partial charge in [0.2, 0.25) is 0 Å². The van der Waals surface area contributed by atoms with Crippen molar-refractivity contribution in [3.63, 3.8) is 0 Å². The second-order valence-electron chi connectivity index (χ2n) is 2.66. The number of rotatable bonds is 1. The van der Waals surface area contributed by atoms with E-state index in [-0.39, 0.29) is 0 Å². The molecular formula is C7H12N2S. The number of nitrogen functional groups attached to an aromatic ring is 1. The Hall–Kier alpha value is -0.570. The van der Waals surface area contributed by atoms with Gasteiger partial charge in [-0.3, -0.25) is 0 Å². The summed E-state index contributed by atoms with van der Waals surface area (Å²) >= 11 is 1.59. The van der Waals surface area contributed by atoms with Gasteiger partial charge in [-0.15, -0.1) is 11.3 Å². The van der Waals surface area contributed by atoms with Crippen LogP contribution in [-0.4, -0.2) is 4.98 Å². The third kappa shape index (κ3) is 1.29. The highest BCUT2D eigenvalue weighted by Gasteiger charge is 2.06. The summed E-state index contributed by atoms with van der Waals surface area (Å²) in [4.78, 5) is 4.30. The normalized spacial score (nSPS) is 10.8. The first-order valence-electron chi connectivity index (χ1n) is 3.34. The molecule has 0 atom stereocenters. The van der Waals surface area contributed by atoms with Crippen LogP contribution in [0.15, 0.2) is 0 Å². The van der Waals surface area contributed by atoms with Crippen molar-refractivity contribution in [2.24, 2.45) is 0 Å². The Kier molecular flexibility index (Phi) is 1.94. The maximum atomic E-state index is 5.63. The summed E-state index contributed by atoms with van der Waals surface area (Å²) in [6, 6.07) is 0. The number of nitrogens with two attached hydrogens (primary N) is 1. The van der Waals surface area contributed by atoms with Gasteiger partial charge in [0.15, 0.2) is 0 Å². The highest BCUT2D eigenvalue weighted by Crippen LogP contribution is 2.25. The number of aryl methyl sites for hydroxylation is 1. The van der Waals surface area contributed by atoms with Gasteiger partial charge >= 0.3 is 0 Å². The quantitative estimate of drug-likeness (QED) is 0.676. The summed E-state index contributed by atoms with van der Waals surface area (Å²) in [7, 11) is 0. The van der Waals surface area contributed by atoms with Crippen LogP contribution < -0.4 is 5.73 Å². The third-order valence-electron chi connectivity index (χ3n) is 1.34. The van der Waals surface area contributed by atoms with Crippen LogP contribution >= 0.6 is 11.3 Å². The van der Waals surface area contributed by atoms with Gasteiger partial charge in [-0.1, -0.05) is 13.8 Å². The lowest BCUT2D eigenvalue weighted by Crippen LogP contribution is -1.84. The zero-order valence-corrected chi connectivity index (χ0v) is 7.33. The molecule has 1 heterocycles. The Bertz CT molecular complexity index is 208. The summed E-state index contributed by atoms with van der Waals surface area (Å²) in [6.07, 6.45) is 0. The molecule has 3 heteroatoms. The standard InChI is InChI=1S/C7H12N2S/c1-4(2)7-9-5(3)6(8)10-7/h4H,8H2,1-3H3. The smallest absolute Gasteiger partial charge is 0.109 e. The van der Waals surface area contributed by atoms with Gasteiger partial charge in [0.1, 0.15) is 5.00 Å². The second-order valence-corrected chi connectivity index (χ2v) is 3.72. The van der Waals surface area contributed by atoms with Crippen molar-refractivity contribution in [2.45, 2.75) is 26.7 Å². The lowest BCUT2D eigenvalue weighted by atomic mass is 10.2. The van der Waals surface area contributed by atoms with Crippen molar-refractivity contribution < 1.29 is 0 Å². The molecule has 56 valence electrons. The van der Waals surface area contributed by atoms with Gasteiger partial charge in [0, 0.05) is 5.92 Å². The molecule has 1 aromatic heterocycles. The van der Waals surface area contributed by atoms with E-state index in [0.29, 0.717) is 5.92 Å². The van der Waals surface area contributed by atoms with Crippen LogP contribution in [0, 0.1) is 6.92 Å². The Morgan fingerprint density at radius 2 is 2.10 bits per heavy atom. The largest absolute Gasteiger partial charge is 0.389 e. The average Bonchev–Trinajstić information content (AvgIpc) is 2.13. The number of anilines is 1. The maximum Gasteiger partial charge on any atom is 0.109 e. The number of nitrogens with zero attached hydrogens (tertiary/aromatic N) is 1. The summed E-state index contributed by atoms with van der Waals surface area (Å²) in [6.45, 7) is 6.19. The summed E-state index contributed by atoms with van der Waals surface area (Å²) in [5, 5.41) is 1.98. The van der Waals surface area contributed by atoms with Gasteiger partial charge in [-0.25, -0.2) is 4.98 Å². The van der Waals surface area contributed by atoms with E-state index >= 15 is 0 Å². The number of hydrogen-bond donors (Lipinski definition) is 1. The van der Waals surface area contributed by atoms with Crippen LogP contribution in [0.4, 0.5) is 5.00 Å². The van der Waals surface area contributed by atoms with Crippen LogP contribution in [0.2, 0.25) is 0 Å². The zero-order valence-electron chi connectivity index (χ0n) is 6.51. The molecule has 0 bridgehead atoms. The fourth-order valence-corrected chi connectivity index (χ4v) is 1.51. The lowest BCUT2D eigenvalue weighted by molar-refractivity contribution is 0.847. The van der Waals surface area contributed by atoms with Crippen molar-refractivity contribution in [3.8, 4) is 0 Å². The van der Waals surface area contributed by atoms with E-state index in [1.54, 1.807) is 11.3 Å². The van der Waals surface area contributed by atoms with Crippen LogP contribution in [0.3, 0.4) is 0 Å². The van der Waals surface area contributed by atoms with E-state index in [4.69, 9.17) is 5.73 Å². The molecule has 1 rings (SSSR count).